The van der Waals surface area contributed by atoms with Crippen molar-refractivity contribution in [3.63, 3.8) is 0 Å². The maximum atomic E-state index is 3.87. The summed E-state index contributed by atoms with van der Waals surface area (Å²) in [5.41, 5.74) is 3.03. The predicted octanol–water partition coefficient (Wildman–Crippen LogP) is 2.28. The zero-order chi connectivity index (χ0) is 9.80. The highest BCUT2D eigenvalue weighted by atomic mass is 15.3. The van der Waals surface area contributed by atoms with E-state index in [1.807, 2.05) is 37.3 Å². The van der Waals surface area contributed by atoms with Crippen molar-refractivity contribution in [2.24, 2.45) is 0 Å². The van der Waals surface area contributed by atoms with E-state index in [1.54, 1.807) is 0 Å². The Bertz CT molecular complexity index is 429. The fraction of sp³-hybridized carbons (Fsp3) is 0.0909. The van der Waals surface area contributed by atoms with Crippen molar-refractivity contribution in [2.45, 2.75) is 6.92 Å². The number of hydrogen-bond donors (Lipinski definition) is 1. The van der Waals surface area contributed by atoms with Crippen molar-refractivity contribution in [1.29, 1.82) is 0 Å². The van der Waals surface area contributed by atoms with E-state index >= 15 is 0 Å². The molecule has 2 aromatic rings. The second kappa shape index (κ2) is 3.87. The van der Waals surface area contributed by atoms with Gasteiger partial charge in [-0.05, 0) is 18.6 Å². The molecule has 0 spiro atoms. The molecule has 0 fully saturated rings. The SMILES string of the molecule is Cc1nn[nH]c1/C=C/c1ccccc1. The summed E-state index contributed by atoms with van der Waals surface area (Å²) in [6.07, 6.45) is 4.01. The van der Waals surface area contributed by atoms with Gasteiger partial charge in [0.25, 0.3) is 0 Å². The minimum atomic E-state index is 0.914. The van der Waals surface area contributed by atoms with Crippen LogP contribution in [-0.4, -0.2) is 15.4 Å². The summed E-state index contributed by atoms with van der Waals surface area (Å²) in [6, 6.07) is 10.1. The summed E-state index contributed by atoms with van der Waals surface area (Å²) in [5, 5.41) is 10.4. The lowest BCUT2D eigenvalue weighted by Gasteiger charge is -1.90. The van der Waals surface area contributed by atoms with E-state index in [9.17, 15) is 0 Å². The first-order valence-corrected chi connectivity index (χ1v) is 4.47. The van der Waals surface area contributed by atoms with Gasteiger partial charge in [0.1, 0.15) is 0 Å². The molecule has 1 heterocycles. The maximum absolute atomic E-state index is 3.87. The number of H-pyrrole nitrogens is 1. The van der Waals surface area contributed by atoms with E-state index in [2.05, 4.69) is 27.5 Å². The number of nitrogens with one attached hydrogen (secondary N) is 1. The number of nitrogens with zero attached hydrogens (tertiary/aromatic N) is 2. The molecule has 1 aromatic heterocycles. The molecule has 0 aliphatic heterocycles. The van der Waals surface area contributed by atoms with Crippen LogP contribution in [0.5, 0.6) is 0 Å². The number of rotatable bonds is 2. The maximum Gasteiger partial charge on any atom is 0.0867 e. The van der Waals surface area contributed by atoms with E-state index in [1.165, 1.54) is 5.56 Å². The number of hydrogen-bond acceptors (Lipinski definition) is 2. The van der Waals surface area contributed by atoms with Gasteiger partial charge in [-0.2, -0.15) is 0 Å². The first-order valence-electron chi connectivity index (χ1n) is 4.47. The van der Waals surface area contributed by atoms with E-state index < -0.39 is 0 Å². The minimum absolute atomic E-state index is 0.914. The van der Waals surface area contributed by atoms with Gasteiger partial charge in [0.15, 0.2) is 0 Å². The van der Waals surface area contributed by atoms with Gasteiger partial charge in [-0.15, -0.1) is 5.10 Å². The fourth-order valence-corrected chi connectivity index (χ4v) is 1.19. The van der Waals surface area contributed by atoms with Crippen molar-refractivity contribution in [2.75, 3.05) is 0 Å². The quantitative estimate of drug-likeness (QED) is 0.779. The molecule has 3 nitrogen and oxygen atoms in total. The van der Waals surface area contributed by atoms with Crippen molar-refractivity contribution in [1.82, 2.24) is 15.4 Å². The largest absolute Gasteiger partial charge is 0.258 e. The van der Waals surface area contributed by atoms with Gasteiger partial charge in [0.05, 0.1) is 11.4 Å². The standard InChI is InChI=1S/C11H11N3/c1-9-11(13-14-12-9)8-7-10-5-3-2-4-6-10/h2-8H,1H3,(H,12,13,14)/b8-7+. The molecule has 0 radical (unpaired) electrons. The minimum Gasteiger partial charge on any atom is -0.258 e. The van der Waals surface area contributed by atoms with Crippen LogP contribution in [0.1, 0.15) is 17.0 Å². The molecule has 0 aliphatic carbocycles. The van der Waals surface area contributed by atoms with Crippen molar-refractivity contribution >= 4 is 12.2 Å². The summed E-state index contributed by atoms with van der Waals surface area (Å²) in [5.74, 6) is 0. The van der Waals surface area contributed by atoms with E-state index in [-0.39, 0.29) is 0 Å². The number of aromatic amines is 1. The van der Waals surface area contributed by atoms with E-state index in [4.69, 9.17) is 0 Å². The van der Waals surface area contributed by atoms with Crippen LogP contribution in [0.4, 0.5) is 0 Å². The molecule has 0 unspecified atom stereocenters. The summed E-state index contributed by atoms with van der Waals surface area (Å²) in [7, 11) is 0. The molecule has 1 N–H and O–H groups in total. The molecular weight excluding hydrogens is 174 g/mol. The predicted molar refractivity (Wildman–Crippen MR) is 56.5 cm³/mol. The molecule has 0 saturated carbocycles. The van der Waals surface area contributed by atoms with Crippen LogP contribution in [-0.2, 0) is 0 Å². The Balaban J connectivity index is 2.20. The highest BCUT2D eigenvalue weighted by Gasteiger charge is 1.95. The monoisotopic (exact) mass is 185 g/mol. The van der Waals surface area contributed by atoms with Crippen molar-refractivity contribution in [3.05, 3.63) is 47.3 Å². The van der Waals surface area contributed by atoms with Crippen LogP contribution in [0.15, 0.2) is 30.3 Å². The first kappa shape index (κ1) is 8.69. The van der Waals surface area contributed by atoms with Gasteiger partial charge in [0, 0.05) is 0 Å². The van der Waals surface area contributed by atoms with Crippen LogP contribution >= 0.6 is 0 Å². The van der Waals surface area contributed by atoms with Crippen LogP contribution in [0.2, 0.25) is 0 Å². The topological polar surface area (TPSA) is 41.6 Å². The molecule has 14 heavy (non-hydrogen) atoms. The number of aromatic nitrogens is 3. The average molecular weight is 185 g/mol. The third kappa shape index (κ3) is 1.88. The van der Waals surface area contributed by atoms with E-state index in [0.717, 1.165) is 11.4 Å². The molecule has 0 bridgehead atoms. The van der Waals surface area contributed by atoms with Gasteiger partial charge in [-0.3, -0.25) is 5.10 Å². The molecular formula is C11H11N3. The Kier molecular flexibility index (Phi) is 2.40. The Morgan fingerprint density at radius 2 is 1.93 bits per heavy atom. The molecule has 2 rings (SSSR count). The van der Waals surface area contributed by atoms with Crippen LogP contribution in [0.25, 0.3) is 12.2 Å². The Hall–Kier alpha value is -1.90. The lowest BCUT2D eigenvalue weighted by Crippen LogP contribution is -1.76. The Labute approximate surface area is 82.5 Å². The summed E-state index contributed by atoms with van der Waals surface area (Å²) >= 11 is 0. The highest BCUT2D eigenvalue weighted by molar-refractivity contribution is 5.68. The van der Waals surface area contributed by atoms with E-state index in [0.29, 0.717) is 0 Å². The molecule has 0 amide bonds. The second-order valence-corrected chi connectivity index (χ2v) is 3.05. The Morgan fingerprint density at radius 1 is 1.14 bits per heavy atom. The third-order valence-corrected chi connectivity index (χ3v) is 2.00. The lowest BCUT2D eigenvalue weighted by atomic mass is 10.2. The molecule has 1 aromatic carbocycles. The van der Waals surface area contributed by atoms with Crippen molar-refractivity contribution in [3.8, 4) is 0 Å². The van der Waals surface area contributed by atoms with Gasteiger partial charge < -0.3 is 0 Å². The van der Waals surface area contributed by atoms with Crippen LogP contribution in [0.3, 0.4) is 0 Å². The fourth-order valence-electron chi connectivity index (χ4n) is 1.19. The van der Waals surface area contributed by atoms with Gasteiger partial charge in [-0.1, -0.05) is 41.6 Å². The number of aryl methyl sites for hydroxylation is 1. The summed E-state index contributed by atoms with van der Waals surface area (Å²) in [6.45, 7) is 1.92. The second-order valence-electron chi connectivity index (χ2n) is 3.05. The normalized spacial score (nSPS) is 10.9. The molecule has 0 atom stereocenters. The molecule has 70 valence electrons. The average Bonchev–Trinajstić information content (AvgIpc) is 2.63. The molecule has 0 saturated heterocycles. The zero-order valence-corrected chi connectivity index (χ0v) is 7.94. The van der Waals surface area contributed by atoms with Crippen LogP contribution in [0, 0.1) is 6.92 Å². The van der Waals surface area contributed by atoms with Crippen LogP contribution < -0.4 is 0 Å². The first-order chi connectivity index (χ1) is 6.86. The van der Waals surface area contributed by atoms with Gasteiger partial charge >= 0.3 is 0 Å². The summed E-state index contributed by atoms with van der Waals surface area (Å²) < 4.78 is 0. The Morgan fingerprint density at radius 3 is 2.57 bits per heavy atom. The zero-order valence-electron chi connectivity index (χ0n) is 7.94. The number of benzene rings is 1. The van der Waals surface area contributed by atoms with Gasteiger partial charge in [-0.25, -0.2) is 0 Å². The summed E-state index contributed by atoms with van der Waals surface area (Å²) in [4.78, 5) is 0. The highest BCUT2D eigenvalue weighted by Crippen LogP contribution is 2.06. The smallest absolute Gasteiger partial charge is 0.0867 e. The lowest BCUT2D eigenvalue weighted by molar-refractivity contribution is 0.927. The molecule has 3 heteroatoms. The van der Waals surface area contributed by atoms with Gasteiger partial charge in [0.2, 0.25) is 0 Å². The molecule has 0 aliphatic rings. The van der Waals surface area contributed by atoms with Crippen molar-refractivity contribution < 1.29 is 0 Å². The third-order valence-electron chi connectivity index (χ3n) is 2.00.